The van der Waals surface area contributed by atoms with Gasteiger partial charge >= 0.3 is 0 Å². The summed E-state index contributed by atoms with van der Waals surface area (Å²) in [4.78, 5) is 15.5. The van der Waals surface area contributed by atoms with Crippen LogP contribution in [0, 0.1) is 0 Å². The SMILES string of the molecule is CC[NH+]1CCc2c(sc3c2C(=O)N[C@H](/C=C/c2ccco2)N3)C1. The first-order valence-corrected chi connectivity index (χ1v) is 8.83. The number of amides is 1. The molecule has 0 bridgehead atoms. The number of carbonyl (C=O) groups is 1. The van der Waals surface area contributed by atoms with E-state index in [2.05, 4.69) is 17.6 Å². The Bertz CT molecular complexity index is 748. The Kier molecular flexibility index (Phi) is 3.71. The molecule has 5 nitrogen and oxygen atoms in total. The van der Waals surface area contributed by atoms with Gasteiger partial charge in [-0.2, -0.15) is 0 Å². The molecule has 0 saturated carbocycles. The maximum absolute atomic E-state index is 12.5. The van der Waals surface area contributed by atoms with Crippen molar-refractivity contribution < 1.29 is 14.1 Å². The number of hydrogen-bond donors (Lipinski definition) is 3. The molecular formula is C17H20N3O2S+. The lowest BCUT2D eigenvalue weighted by Crippen LogP contribution is -3.11. The zero-order valence-electron chi connectivity index (χ0n) is 13.0. The number of carbonyl (C=O) groups excluding carboxylic acids is 1. The van der Waals surface area contributed by atoms with Gasteiger partial charge in [0.1, 0.15) is 23.5 Å². The Labute approximate surface area is 139 Å². The van der Waals surface area contributed by atoms with Crippen molar-refractivity contribution in [3.8, 4) is 0 Å². The topological polar surface area (TPSA) is 58.7 Å². The zero-order valence-corrected chi connectivity index (χ0v) is 13.8. The van der Waals surface area contributed by atoms with Crippen LogP contribution < -0.4 is 15.5 Å². The molecule has 1 amide bonds. The van der Waals surface area contributed by atoms with Crippen LogP contribution in [0.5, 0.6) is 0 Å². The van der Waals surface area contributed by atoms with Crippen molar-refractivity contribution in [1.82, 2.24) is 5.32 Å². The molecule has 2 atom stereocenters. The number of thiophene rings is 1. The average molecular weight is 330 g/mol. The fourth-order valence-electron chi connectivity index (χ4n) is 3.24. The summed E-state index contributed by atoms with van der Waals surface area (Å²) < 4.78 is 5.28. The molecule has 0 radical (unpaired) electrons. The normalized spacial score (nSPS) is 23.3. The third-order valence-corrected chi connectivity index (χ3v) is 5.69. The summed E-state index contributed by atoms with van der Waals surface area (Å²) in [6.07, 6.45) is 6.22. The van der Waals surface area contributed by atoms with E-state index in [-0.39, 0.29) is 12.1 Å². The molecule has 0 fully saturated rings. The number of furan rings is 1. The standard InChI is InChI=1S/C17H19N3O2S/c1-2-20-8-7-12-13(10-20)23-17-15(12)16(21)18-14(19-17)6-5-11-4-3-9-22-11/h3-6,9,14,19H,2,7-8,10H2,1H3,(H,18,21)/p+1/b6-5+/t14-/m0/s1. The lowest BCUT2D eigenvalue weighted by Gasteiger charge is -2.25. The fourth-order valence-corrected chi connectivity index (χ4v) is 4.60. The first kappa shape index (κ1) is 14.5. The molecule has 4 heterocycles. The van der Waals surface area contributed by atoms with Gasteiger partial charge in [0.05, 0.1) is 29.8 Å². The van der Waals surface area contributed by atoms with Crippen LogP contribution in [0.25, 0.3) is 6.08 Å². The van der Waals surface area contributed by atoms with Crippen molar-refractivity contribution in [3.05, 3.63) is 46.2 Å². The Hall–Kier alpha value is -2.05. The molecule has 2 aliphatic heterocycles. The molecule has 4 rings (SSSR count). The highest BCUT2D eigenvalue weighted by atomic mass is 32.1. The number of likely N-dealkylation sites (N-methyl/N-ethyl adjacent to an activating group) is 1. The largest absolute Gasteiger partial charge is 0.465 e. The van der Waals surface area contributed by atoms with Crippen LogP contribution >= 0.6 is 11.3 Å². The number of nitrogens with one attached hydrogen (secondary N) is 3. The molecule has 6 heteroatoms. The molecule has 3 N–H and O–H groups in total. The second-order valence-corrected chi connectivity index (χ2v) is 7.06. The minimum absolute atomic E-state index is 0.0327. The number of rotatable bonds is 3. The molecule has 0 aliphatic carbocycles. The minimum atomic E-state index is -0.199. The predicted molar refractivity (Wildman–Crippen MR) is 90.7 cm³/mol. The molecule has 1 unspecified atom stereocenters. The Balaban J connectivity index is 1.58. The highest BCUT2D eigenvalue weighted by molar-refractivity contribution is 7.16. The Morgan fingerprint density at radius 1 is 1.48 bits per heavy atom. The van der Waals surface area contributed by atoms with Gasteiger partial charge < -0.3 is 20.0 Å². The second kappa shape index (κ2) is 5.86. The van der Waals surface area contributed by atoms with E-state index in [1.165, 1.54) is 10.4 Å². The number of quaternary nitrogens is 1. The lowest BCUT2D eigenvalue weighted by atomic mass is 10.0. The first-order chi connectivity index (χ1) is 11.2. The van der Waals surface area contributed by atoms with E-state index in [9.17, 15) is 4.79 Å². The highest BCUT2D eigenvalue weighted by Gasteiger charge is 2.33. The van der Waals surface area contributed by atoms with Crippen molar-refractivity contribution in [3.63, 3.8) is 0 Å². The van der Waals surface area contributed by atoms with E-state index in [4.69, 9.17) is 4.42 Å². The van der Waals surface area contributed by atoms with E-state index in [0.29, 0.717) is 0 Å². The molecular weight excluding hydrogens is 310 g/mol. The summed E-state index contributed by atoms with van der Waals surface area (Å²) in [6.45, 7) is 5.50. The van der Waals surface area contributed by atoms with Crippen LogP contribution in [-0.4, -0.2) is 25.2 Å². The third kappa shape index (κ3) is 2.68. The van der Waals surface area contributed by atoms with Crippen LogP contribution in [-0.2, 0) is 13.0 Å². The van der Waals surface area contributed by atoms with Gasteiger partial charge in [-0.3, -0.25) is 4.79 Å². The lowest BCUT2D eigenvalue weighted by molar-refractivity contribution is -0.913. The molecule has 120 valence electrons. The molecule has 0 saturated heterocycles. The average Bonchev–Trinajstić information content (AvgIpc) is 3.19. The van der Waals surface area contributed by atoms with Gasteiger partial charge in [0.2, 0.25) is 0 Å². The summed E-state index contributed by atoms with van der Waals surface area (Å²) >= 11 is 1.74. The molecule has 0 aromatic carbocycles. The van der Waals surface area contributed by atoms with Crippen LogP contribution in [0.2, 0.25) is 0 Å². The number of anilines is 1. The maximum Gasteiger partial charge on any atom is 0.256 e. The third-order valence-electron chi connectivity index (χ3n) is 4.53. The van der Waals surface area contributed by atoms with Gasteiger partial charge in [0.25, 0.3) is 5.91 Å². The molecule has 0 spiro atoms. The number of hydrogen-bond acceptors (Lipinski definition) is 4. The molecule has 2 aliphatic rings. The van der Waals surface area contributed by atoms with Crippen molar-refractivity contribution in [2.45, 2.75) is 26.1 Å². The van der Waals surface area contributed by atoms with Gasteiger partial charge in [-0.15, -0.1) is 11.3 Å². The van der Waals surface area contributed by atoms with E-state index in [0.717, 1.165) is 42.4 Å². The molecule has 2 aromatic rings. The Morgan fingerprint density at radius 2 is 2.39 bits per heavy atom. The first-order valence-electron chi connectivity index (χ1n) is 8.02. The van der Waals surface area contributed by atoms with E-state index < -0.39 is 0 Å². The van der Waals surface area contributed by atoms with Crippen molar-refractivity contribution in [1.29, 1.82) is 0 Å². The van der Waals surface area contributed by atoms with Crippen molar-refractivity contribution in [2.24, 2.45) is 0 Å². The number of fused-ring (bicyclic) bond motifs is 3. The van der Waals surface area contributed by atoms with Crippen LogP contribution in [0.15, 0.2) is 28.9 Å². The van der Waals surface area contributed by atoms with Crippen molar-refractivity contribution >= 4 is 28.3 Å². The molecule has 23 heavy (non-hydrogen) atoms. The summed E-state index contributed by atoms with van der Waals surface area (Å²) in [7, 11) is 0. The quantitative estimate of drug-likeness (QED) is 0.799. The van der Waals surface area contributed by atoms with Crippen LogP contribution in [0.3, 0.4) is 0 Å². The molecule has 2 aromatic heterocycles. The smallest absolute Gasteiger partial charge is 0.256 e. The van der Waals surface area contributed by atoms with Crippen LogP contribution in [0.1, 0.15) is 33.5 Å². The maximum atomic E-state index is 12.5. The van der Waals surface area contributed by atoms with E-state index in [1.807, 2.05) is 24.3 Å². The van der Waals surface area contributed by atoms with Gasteiger partial charge in [0.15, 0.2) is 0 Å². The summed E-state index contributed by atoms with van der Waals surface area (Å²) in [5.41, 5.74) is 2.11. The summed E-state index contributed by atoms with van der Waals surface area (Å²) in [5, 5.41) is 7.45. The second-order valence-electron chi connectivity index (χ2n) is 5.96. The van der Waals surface area contributed by atoms with Gasteiger partial charge in [-0.05, 0) is 36.8 Å². The minimum Gasteiger partial charge on any atom is -0.465 e. The monoisotopic (exact) mass is 330 g/mol. The predicted octanol–water partition coefficient (Wildman–Crippen LogP) is 1.50. The fraction of sp³-hybridized carbons (Fsp3) is 0.353. The summed E-state index contributed by atoms with van der Waals surface area (Å²) in [5.74, 6) is 0.810. The summed E-state index contributed by atoms with van der Waals surface area (Å²) in [6, 6.07) is 3.73. The zero-order chi connectivity index (χ0) is 15.8. The highest BCUT2D eigenvalue weighted by Crippen LogP contribution is 2.36. The van der Waals surface area contributed by atoms with Crippen molar-refractivity contribution in [2.75, 3.05) is 18.4 Å². The van der Waals surface area contributed by atoms with Gasteiger partial charge in [-0.25, -0.2) is 0 Å². The van der Waals surface area contributed by atoms with Gasteiger partial charge in [0, 0.05) is 6.42 Å². The Morgan fingerprint density at radius 3 is 3.17 bits per heavy atom. The van der Waals surface area contributed by atoms with Gasteiger partial charge in [-0.1, -0.05) is 0 Å². The van der Waals surface area contributed by atoms with E-state index >= 15 is 0 Å². The van der Waals surface area contributed by atoms with E-state index in [1.54, 1.807) is 22.5 Å². The van der Waals surface area contributed by atoms with Crippen LogP contribution in [0.4, 0.5) is 5.00 Å².